The Hall–Kier alpha value is -0.900. The number of likely N-dealkylation sites (tertiary alicyclic amines) is 2. The monoisotopic (exact) mass is 341 g/mol. The van der Waals surface area contributed by atoms with Crippen LogP contribution in [0.1, 0.15) is 49.1 Å². The van der Waals surface area contributed by atoms with Gasteiger partial charge in [0, 0.05) is 25.7 Å². The van der Waals surface area contributed by atoms with Gasteiger partial charge in [-0.1, -0.05) is 24.3 Å². The molecule has 1 aromatic carbocycles. The van der Waals surface area contributed by atoms with Crippen LogP contribution in [0.4, 0.5) is 0 Å². The first-order valence-corrected chi connectivity index (χ1v) is 10.4. The van der Waals surface area contributed by atoms with Crippen molar-refractivity contribution in [3.63, 3.8) is 0 Å². The van der Waals surface area contributed by atoms with E-state index in [1.165, 1.54) is 70.4 Å². The predicted molar refractivity (Wildman–Crippen MR) is 105 cm³/mol. The molecular formula is C22H35N3. The van der Waals surface area contributed by atoms with Crippen LogP contribution in [0.15, 0.2) is 24.3 Å². The third-order valence-electron chi connectivity index (χ3n) is 6.79. The lowest BCUT2D eigenvalue weighted by Gasteiger charge is -2.38. The van der Waals surface area contributed by atoms with Crippen LogP contribution >= 0.6 is 0 Å². The van der Waals surface area contributed by atoms with Crippen LogP contribution in [0.5, 0.6) is 0 Å². The highest BCUT2D eigenvalue weighted by atomic mass is 15.2. The highest BCUT2D eigenvalue weighted by Gasteiger charge is 2.33. The van der Waals surface area contributed by atoms with Gasteiger partial charge in [-0.2, -0.15) is 0 Å². The molecule has 1 aromatic rings. The molecule has 0 spiro atoms. The quantitative estimate of drug-likeness (QED) is 0.785. The third kappa shape index (κ3) is 4.27. The zero-order chi connectivity index (χ0) is 17.2. The lowest BCUT2D eigenvalue weighted by molar-refractivity contribution is 0.171. The Bertz CT molecular complexity index is 541. The molecule has 0 bridgehead atoms. The van der Waals surface area contributed by atoms with Crippen LogP contribution in [-0.2, 0) is 6.54 Å². The Labute approximate surface area is 154 Å². The van der Waals surface area contributed by atoms with Crippen molar-refractivity contribution >= 4 is 0 Å². The minimum absolute atomic E-state index is 0.777. The van der Waals surface area contributed by atoms with Crippen molar-refractivity contribution in [2.75, 3.05) is 46.8 Å². The first-order chi connectivity index (χ1) is 12.2. The summed E-state index contributed by atoms with van der Waals surface area (Å²) in [6, 6.07) is 10.3. The van der Waals surface area contributed by atoms with Crippen LogP contribution in [0.25, 0.3) is 0 Å². The van der Waals surface area contributed by atoms with Gasteiger partial charge in [-0.25, -0.2) is 0 Å². The van der Waals surface area contributed by atoms with Gasteiger partial charge in [-0.05, 0) is 88.8 Å². The number of likely N-dealkylation sites (N-methyl/N-ethyl adjacent to an activating group) is 1. The maximum atomic E-state index is 2.70. The molecule has 3 aliphatic rings. The maximum Gasteiger partial charge on any atom is 0.0233 e. The molecule has 3 fully saturated rings. The summed E-state index contributed by atoms with van der Waals surface area (Å²) in [5.74, 6) is 1.74. The average Bonchev–Trinajstić information content (AvgIpc) is 3.23. The van der Waals surface area contributed by atoms with Crippen molar-refractivity contribution in [3.05, 3.63) is 35.4 Å². The van der Waals surface area contributed by atoms with Gasteiger partial charge in [0.15, 0.2) is 0 Å². The van der Waals surface area contributed by atoms with Gasteiger partial charge in [0.2, 0.25) is 0 Å². The molecule has 0 unspecified atom stereocenters. The zero-order valence-electron chi connectivity index (χ0n) is 16.2. The van der Waals surface area contributed by atoms with E-state index in [2.05, 4.69) is 53.1 Å². The van der Waals surface area contributed by atoms with Crippen LogP contribution in [0.3, 0.4) is 0 Å². The van der Waals surface area contributed by atoms with Crippen LogP contribution in [-0.4, -0.2) is 67.6 Å². The highest BCUT2D eigenvalue weighted by Crippen LogP contribution is 2.42. The number of hydrogen-bond acceptors (Lipinski definition) is 3. The van der Waals surface area contributed by atoms with Crippen molar-refractivity contribution in [1.82, 2.24) is 14.7 Å². The molecular weight excluding hydrogens is 306 g/mol. The van der Waals surface area contributed by atoms with E-state index in [4.69, 9.17) is 0 Å². The molecule has 0 amide bonds. The fraction of sp³-hybridized carbons (Fsp3) is 0.727. The second-order valence-corrected chi connectivity index (χ2v) is 8.92. The summed E-state index contributed by atoms with van der Waals surface area (Å²) in [6.45, 7) is 7.63. The van der Waals surface area contributed by atoms with E-state index < -0.39 is 0 Å². The number of nitrogens with zero attached hydrogens (tertiary/aromatic N) is 3. The molecule has 0 radical (unpaired) electrons. The second-order valence-electron chi connectivity index (χ2n) is 8.92. The SMILES string of the molecule is CN(C)[C@@H]1CCN(C[C@H]2C[C@H](c3ccc(CN4CCCC4)cc3)C2)C1. The average molecular weight is 342 g/mol. The molecule has 3 nitrogen and oxygen atoms in total. The van der Waals surface area contributed by atoms with E-state index in [9.17, 15) is 0 Å². The summed E-state index contributed by atoms with van der Waals surface area (Å²) >= 11 is 0. The summed E-state index contributed by atoms with van der Waals surface area (Å²) in [6.07, 6.45) is 6.91. The maximum absolute atomic E-state index is 2.70. The van der Waals surface area contributed by atoms with Crippen molar-refractivity contribution in [2.45, 2.75) is 50.6 Å². The molecule has 3 heteroatoms. The zero-order valence-corrected chi connectivity index (χ0v) is 16.2. The Kier molecular flexibility index (Phi) is 5.44. The number of hydrogen-bond donors (Lipinski definition) is 0. The van der Waals surface area contributed by atoms with Crippen LogP contribution < -0.4 is 0 Å². The fourth-order valence-electron chi connectivity index (χ4n) is 5.02. The molecule has 1 atom stereocenters. The standard InChI is InChI=1S/C22H35N3/c1-23(2)22-9-12-25(17-22)16-19-13-21(14-19)20-7-5-18(6-8-20)15-24-10-3-4-11-24/h5-8,19,21-22H,3-4,9-17H2,1-2H3/t19-,21-,22-/m1/s1. The summed E-state index contributed by atoms with van der Waals surface area (Å²) in [4.78, 5) is 7.68. The first-order valence-electron chi connectivity index (χ1n) is 10.4. The molecule has 2 saturated heterocycles. The van der Waals surface area contributed by atoms with Crippen molar-refractivity contribution in [3.8, 4) is 0 Å². The summed E-state index contributed by atoms with van der Waals surface area (Å²) in [7, 11) is 4.45. The lowest BCUT2D eigenvalue weighted by Crippen LogP contribution is -2.37. The van der Waals surface area contributed by atoms with E-state index in [0.717, 1.165) is 24.4 Å². The predicted octanol–water partition coefficient (Wildman–Crippen LogP) is 3.41. The Morgan fingerprint density at radius 1 is 0.960 bits per heavy atom. The van der Waals surface area contributed by atoms with Gasteiger partial charge in [0.25, 0.3) is 0 Å². The molecule has 1 saturated carbocycles. The molecule has 1 aliphatic carbocycles. The van der Waals surface area contributed by atoms with Gasteiger partial charge in [-0.15, -0.1) is 0 Å². The van der Waals surface area contributed by atoms with Crippen LogP contribution in [0.2, 0.25) is 0 Å². The van der Waals surface area contributed by atoms with Gasteiger partial charge >= 0.3 is 0 Å². The Balaban J connectivity index is 1.21. The highest BCUT2D eigenvalue weighted by molar-refractivity contribution is 5.27. The third-order valence-corrected chi connectivity index (χ3v) is 6.79. The van der Waals surface area contributed by atoms with Crippen LogP contribution in [0, 0.1) is 5.92 Å². The van der Waals surface area contributed by atoms with E-state index in [0.29, 0.717) is 0 Å². The summed E-state index contributed by atoms with van der Waals surface area (Å²) in [5.41, 5.74) is 3.07. The summed E-state index contributed by atoms with van der Waals surface area (Å²) in [5, 5.41) is 0. The van der Waals surface area contributed by atoms with Crippen molar-refractivity contribution < 1.29 is 0 Å². The van der Waals surface area contributed by atoms with E-state index in [1.807, 2.05) is 0 Å². The fourth-order valence-corrected chi connectivity index (χ4v) is 5.02. The molecule has 2 heterocycles. The normalized spacial score (nSPS) is 30.9. The Morgan fingerprint density at radius 2 is 1.68 bits per heavy atom. The first kappa shape index (κ1) is 17.5. The number of rotatable bonds is 6. The molecule has 138 valence electrons. The largest absolute Gasteiger partial charge is 0.305 e. The van der Waals surface area contributed by atoms with Gasteiger partial charge in [-0.3, -0.25) is 4.90 Å². The van der Waals surface area contributed by atoms with Gasteiger partial charge < -0.3 is 9.80 Å². The van der Waals surface area contributed by atoms with Gasteiger partial charge in [0.1, 0.15) is 0 Å². The van der Waals surface area contributed by atoms with E-state index in [1.54, 1.807) is 5.56 Å². The minimum atomic E-state index is 0.777. The molecule has 25 heavy (non-hydrogen) atoms. The molecule has 4 rings (SSSR count). The molecule has 0 N–H and O–H groups in total. The van der Waals surface area contributed by atoms with Crippen molar-refractivity contribution in [1.29, 1.82) is 0 Å². The van der Waals surface area contributed by atoms with Crippen molar-refractivity contribution in [2.24, 2.45) is 5.92 Å². The number of benzene rings is 1. The van der Waals surface area contributed by atoms with E-state index in [-0.39, 0.29) is 0 Å². The smallest absolute Gasteiger partial charge is 0.0233 e. The molecule has 0 aromatic heterocycles. The minimum Gasteiger partial charge on any atom is -0.305 e. The molecule has 2 aliphatic heterocycles. The van der Waals surface area contributed by atoms with E-state index >= 15 is 0 Å². The summed E-state index contributed by atoms with van der Waals surface area (Å²) < 4.78 is 0. The topological polar surface area (TPSA) is 9.72 Å². The lowest BCUT2D eigenvalue weighted by atomic mass is 9.71. The van der Waals surface area contributed by atoms with Gasteiger partial charge in [0.05, 0.1) is 0 Å². The Morgan fingerprint density at radius 3 is 2.32 bits per heavy atom. The second kappa shape index (κ2) is 7.77.